The van der Waals surface area contributed by atoms with Gasteiger partial charge in [-0.05, 0) is 38.0 Å². The fraction of sp³-hybridized carbons (Fsp3) is 0.375. The van der Waals surface area contributed by atoms with E-state index in [1.807, 2.05) is 25.1 Å². The Hall–Kier alpha value is -1.81. The maximum absolute atomic E-state index is 6.29. The molecular formula is C16H21ClN4. The van der Waals surface area contributed by atoms with E-state index in [1.54, 1.807) is 6.33 Å². The van der Waals surface area contributed by atoms with Crippen LogP contribution >= 0.6 is 11.6 Å². The Morgan fingerprint density at radius 2 is 1.90 bits per heavy atom. The first-order chi connectivity index (χ1) is 10.2. The number of anilines is 3. The lowest BCUT2D eigenvalue weighted by Gasteiger charge is -2.15. The van der Waals surface area contributed by atoms with Gasteiger partial charge in [-0.3, -0.25) is 0 Å². The van der Waals surface area contributed by atoms with Gasteiger partial charge in [-0.2, -0.15) is 0 Å². The van der Waals surface area contributed by atoms with E-state index in [4.69, 9.17) is 11.6 Å². The van der Waals surface area contributed by atoms with E-state index in [0.29, 0.717) is 5.02 Å². The Kier molecular flexibility index (Phi) is 5.39. The summed E-state index contributed by atoms with van der Waals surface area (Å²) in [6, 6.07) is 5.94. The van der Waals surface area contributed by atoms with E-state index in [9.17, 15) is 0 Å². The van der Waals surface area contributed by atoms with Crippen LogP contribution in [0.5, 0.6) is 0 Å². The van der Waals surface area contributed by atoms with Crippen molar-refractivity contribution in [2.24, 2.45) is 0 Å². The Balaban J connectivity index is 2.36. The molecule has 5 heteroatoms. The number of hydrogen-bond acceptors (Lipinski definition) is 4. The third-order valence-electron chi connectivity index (χ3n) is 3.17. The first kappa shape index (κ1) is 15.6. The van der Waals surface area contributed by atoms with Crippen molar-refractivity contribution in [3.63, 3.8) is 0 Å². The summed E-state index contributed by atoms with van der Waals surface area (Å²) >= 11 is 6.29. The minimum atomic E-state index is 0.695. The van der Waals surface area contributed by atoms with Gasteiger partial charge in [0.25, 0.3) is 0 Å². The van der Waals surface area contributed by atoms with Crippen molar-refractivity contribution in [2.45, 2.75) is 33.6 Å². The van der Waals surface area contributed by atoms with E-state index >= 15 is 0 Å². The third-order valence-corrected chi connectivity index (χ3v) is 3.48. The van der Waals surface area contributed by atoms with Crippen LogP contribution in [-0.4, -0.2) is 16.5 Å². The molecule has 0 aliphatic carbocycles. The average Bonchev–Trinajstić information content (AvgIpc) is 2.45. The van der Waals surface area contributed by atoms with E-state index in [1.165, 1.54) is 0 Å². The third kappa shape index (κ3) is 3.85. The lowest BCUT2D eigenvalue weighted by Crippen LogP contribution is -2.08. The average molecular weight is 305 g/mol. The van der Waals surface area contributed by atoms with Gasteiger partial charge in [0, 0.05) is 12.1 Å². The van der Waals surface area contributed by atoms with Gasteiger partial charge in [-0.15, -0.1) is 0 Å². The molecule has 21 heavy (non-hydrogen) atoms. The van der Waals surface area contributed by atoms with Gasteiger partial charge >= 0.3 is 0 Å². The van der Waals surface area contributed by atoms with Gasteiger partial charge in [0.15, 0.2) is 0 Å². The van der Waals surface area contributed by atoms with Crippen molar-refractivity contribution in [3.8, 4) is 0 Å². The molecule has 1 aromatic heterocycles. The van der Waals surface area contributed by atoms with Gasteiger partial charge in [-0.25, -0.2) is 9.97 Å². The normalized spacial score (nSPS) is 10.5. The van der Waals surface area contributed by atoms with Gasteiger partial charge in [0.05, 0.1) is 10.7 Å². The second-order valence-corrected chi connectivity index (χ2v) is 5.35. The molecule has 0 unspecified atom stereocenters. The second-order valence-electron chi connectivity index (χ2n) is 4.94. The van der Waals surface area contributed by atoms with Gasteiger partial charge < -0.3 is 10.6 Å². The number of benzene rings is 1. The van der Waals surface area contributed by atoms with Crippen molar-refractivity contribution in [3.05, 3.63) is 40.7 Å². The topological polar surface area (TPSA) is 49.8 Å². The maximum atomic E-state index is 6.29. The smallest absolute Gasteiger partial charge is 0.139 e. The predicted octanol–water partition coefficient (Wildman–Crippen LogP) is 4.57. The molecular weight excluding hydrogens is 284 g/mol. The molecule has 2 N–H and O–H groups in total. The Morgan fingerprint density at radius 3 is 2.57 bits per heavy atom. The molecule has 0 aliphatic heterocycles. The number of aromatic nitrogens is 2. The highest BCUT2D eigenvalue weighted by atomic mass is 35.5. The van der Waals surface area contributed by atoms with Crippen LogP contribution in [0.3, 0.4) is 0 Å². The van der Waals surface area contributed by atoms with Crippen molar-refractivity contribution < 1.29 is 0 Å². The van der Waals surface area contributed by atoms with Crippen LogP contribution < -0.4 is 10.6 Å². The molecule has 0 amide bonds. The molecule has 112 valence electrons. The molecule has 0 radical (unpaired) electrons. The zero-order valence-corrected chi connectivity index (χ0v) is 13.5. The SMILES string of the molecule is CCCc1c(NCC)ncnc1Nc1ccc(C)cc1Cl. The molecule has 0 saturated carbocycles. The summed E-state index contributed by atoms with van der Waals surface area (Å²) in [5.41, 5.74) is 3.09. The summed E-state index contributed by atoms with van der Waals surface area (Å²) in [6.07, 6.45) is 3.51. The van der Waals surface area contributed by atoms with Crippen LogP contribution in [0.15, 0.2) is 24.5 Å². The number of rotatable bonds is 6. The number of hydrogen-bond donors (Lipinski definition) is 2. The summed E-state index contributed by atoms with van der Waals surface area (Å²) in [5, 5.41) is 7.31. The first-order valence-corrected chi connectivity index (χ1v) is 7.64. The van der Waals surface area contributed by atoms with Crippen molar-refractivity contribution >= 4 is 28.9 Å². The zero-order valence-electron chi connectivity index (χ0n) is 12.7. The van der Waals surface area contributed by atoms with Crippen LogP contribution in [0.1, 0.15) is 31.4 Å². The Morgan fingerprint density at radius 1 is 1.14 bits per heavy atom. The molecule has 2 rings (SSSR count). The van der Waals surface area contributed by atoms with E-state index in [2.05, 4.69) is 34.4 Å². The maximum Gasteiger partial charge on any atom is 0.139 e. The molecule has 0 saturated heterocycles. The minimum absolute atomic E-state index is 0.695. The van der Waals surface area contributed by atoms with E-state index in [0.717, 1.165) is 47.8 Å². The van der Waals surface area contributed by atoms with Crippen LogP contribution in [0.2, 0.25) is 5.02 Å². The molecule has 0 spiro atoms. The highest BCUT2D eigenvalue weighted by Gasteiger charge is 2.11. The quantitative estimate of drug-likeness (QED) is 0.821. The van der Waals surface area contributed by atoms with Gasteiger partial charge in [0.1, 0.15) is 18.0 Å². The fourth-order valence-corrected chi connectivity index (χ4v) is 2.46. The molecule has 0 atom stereocenters. The van der Waals surface area contributed by atoms with E-state index < -0.39 is 0 Å². The molecule has 4 nitrogen and oxygen atoms in total. The standard InChI is InChI=1S/C16H21ClN4/c1-4-6-12-15(18-5-2)19-10-20-16(12)21-14-8-7-11(3)9-13(14)17/h7-10H,4-6H2,1-3H3,(H2,18,19,20,21). The van der Waals surface area contributed by atoms with Gasteiger partial charge in [-0.1, -0.05) is 31.0 Å². The number of aryl methyl sites for hydroxylation is 1. The number of nitrogens with zero attached hydrogens (tertiary/aromatic N) is 2. The zero-order chi connectivity index (χ0) is 15.2. The summed E-state index contributed by atoms with van der Waals surface area (Å²) in [6.45, 7) is 7.05. The monoisotopic (exact) mass is 304 g/mol. The largest absolute Gasteiger partial charge is 0.370 e. The second kappa shape index (κ2) is 7.27. The lowest BCUT2D eigenvalue weighted by atomic mass is 10.1. The van der Waals surface area contributed by atoms with Gasteiger partial charge in [0.2, 0.25) is 0 Å². The first-order valence-electron chi connectivity index (χ1n) is 7.26. The van der Waals surface area contributed by atoms with Crippen molar-refractivity contribution in [2.75, 3.05) is 17.2 Å². The van der Waals surface area contributed by atoms with Crippen molar-refractivity contribution in [1.82, 2.24) is 9.97 Å². The van der Waals surface area contributed by atoms with Crippen LogP contribution in [0.25, 0.3) is 0 Å². The van der Waals surface area contributed by atoms with Crippen LogP contribution in [-0.2, 0) is 6.42 Å². The molecule has 0 fully saturated rings. The molecule has 2 aromatic rings. The summed E-state index contributed by atoms with van der Waals surface area (Å²) in [5.74, 6) is 1.70. The van der Waals surface area contributed by atoms with Crippen LogP contribution in [0.4, 0.5) is 17.3 Å². The van der Waals surface area contributed by atoms with Crippen LogP contribution in [0, 0.1) is 6.92 Å². The molecule has 0 bridgehead atoms. The minimum Gasteiger partial charge on any atom is -0.370 e. The fourth-order valence-electron chi connectivity index (χ4n) is 2.18. The lowest BCUT2D eigenvalue weighted by molar-refractivity contribution is 0.902. The highest BCUT2D eigenvalue weighted by molar-refractivity contribution is 6.33. The summed E-state index contributed by atoms with van der Waals surface area (Å²) in [7, 11) is 0. The molecule has 1 heterocycles. The Labute approximate surface area is 131 Å². The predicted molar refractivity (Wildman–Crippen MR) is 89.7 cm³/mol. The number of nitrogens with one attached hydrogen (secondary N) is 2. The molecule has 1 aromatic carbocycles. The molecule has 0 aliphatic rings. The summed E-state index contributed by atoms with van der Waals surface area (Å²) in [4.78, 5) is 8.71. The number of halogens is 1. The van der Waals surface area contributed by atoms with Crippen molar-refractivity contribution in [1.29, 1.82) is 0 Å². The Bertz CT molecular complexity index is 613. The summed E-state index contributed by atoms with van der Waals surface area (Å²) < 4.78 is 0. The highest BCUT2D eigenvalue weighted by Crippen LogP contribution is 2.29. The van der Waals surface area contributed by atoms with E-state index in [-0.39, 0.29) is 0 Å².